The number of nitrogens with two attached hydrogens (primary N) is 1. The number of halogens is 1. The molecule has 1 heterocycles. The molecule has 2 N–H and O–H groups in total. The van der Waals surface area contributed by atoms with Gasteiger partial charge in [-0.25, -0.2) is 0 Å². The Morgan fingerprint density at radius 1 is 1.56 bits per heavy atom. The summed E-state index contributed by atoms with van der Waals surface area (Å²) in [5, 5.41) is 4.34. The van der Waals surface area contributed by atoms with E-state index in [9.17, 15) is 4.79 Å². The van der Waals surface area contributed by atoms with E-state index >= 15 is 0 Å². The fraction of sp³-hybridized carbons (Fsp3) is 0.636. The van der Waals surface area contributed by atoms with Crippen molar-refractivity contribution in [1.82, 2.24) is 9.78 Å². The lowest BCUT2D eigenvalue weighted by atomic mass is 10.1. The summed E-state index contributed by atoms with van der Waals surface area (Å²) in [5.74, 6) is 0.0638. The van der Waals surface area contributed by atoms with Gasteiger partial charge in [0.25, 0.3) is 0 Å². The summed E-state index contributed by atoms with van der Waals surface area (Å²) in [6.07, 6.45) is 1.87. The van der Waals surface area contributed by atoms with Crippen LogP contribution in [0.2, 0.25) is 0 Å². The molecule has 0 fully saturated rings. The summed E-state index contributed by atoms with van der Waals surface area (Å²) in [6, 6.07) is -0.369. The van der Waals surface area contributed by atoms with Crippen molar-refractivity contribution >= 4 is 21.7 Å². The zero-order chi connectivity index (χ0) is 12.3. The van der Waals surface area contributed by atoms with E-state index in [2.05, 4.69) is 21.0 Å². The number of carbonyl (C=O) groups is 1. The number of ketones is 1. The first-order valence-electron chi connectivity index (χ1n) is 5.49. The van der Waals surface area contributed by atoms with Crippen LogP contribution >= 0.6 is 15.9 Å². The van der Waals surface area contributed by atoms with E-state index in [1.165, 1.54) is 0 Å². The third-order valence-electron chi connectivity index (χ3n) is 2.70. The average molecular weight is 288 g/mol. The highest BCUT2D eigenvalue weighted by atomic mass is 79.9. The molecule has 0 spiro atoms. The number of nitrogens with zero attached hydrogens (tertiary/aromatic N) is 2. The number of aryl methyl sites for hydroxylation is 2. The van der Waals surface area contributed by atoms with Crippen molar-refractivity contribution in [2.24, 2.45) is 12.8 Å². The molecule has 1 unspecified atom stereocenters. The van der Waals surface area contributed by atoms with Crippen molar-refractivity contribution in [2.75, 3.05) is 0 Å². The number of aromatic nitrogens is 2. The number of hydrogen-bond acceptors (Lipinski definition) is 3. The summed E-state index contributed by atoms with van der Waals surface area (Å²) in [5.41, 5.74) is 7.60. The normalized spacial score (nSPS) is 12.8. The Labute approximate surface area is 104 Å². The van der Waals surface area contributed by atoms with Crippen LogP contribution in [0.1, 0.15) is 31.7 Å². The van der Waals surface area contributed by atoms with Gasteiger partial charge in [-0.15, -0.1) is 0 Å². The van der Waals surface area contributed by atoms with E-state index in [0.717, 1.165) is 22.3 Å². The largest absolute Gasteiger partial charge is 0.322 e. The molecule has 1 rings (SSSR count). The zero-order valence-electron chi connectivity index (χ0n) is 9.96. The van der Waals surface area contributed by atoms with Crippen molar-refractivity contribution in [3.63, 3.8) is 0 Å². The second-order valence-corrected chi connectivity index (χ2v) is 4.64. The fourth-order valence-electron chi connectivity index (χ4n) is 1.54. The van der Waals surface area contributed by atoms with Crippen molar-refractivity contribution in [3.05, 3.63) is 15.9 Å². The SMILES string of the molecule is CCc1nn(C)c(CC(=O)C(N)CC)c1Br. The second kappa shape index (κ2) is 5.59. The molecule has 1 aromatic heterocycles. The molecule has 0 aliphatic rings. The molecule has 0 aliphatic heterocycles. The van der Waals surface area contributed by atoms with Gasteiger partial charge in [-0.1, -0.05) is 13.8 Å². The average Bonchev–Trinajstić information content (AvgIpc) is 2.55. The second-order valence-electron chi connectivity index (χ2n) is 3.84. The molecule has 0 aliphatic carbocycles. The Kier molecular flexibility index (Phi) is 4.68. The van der Waals surface area contributed by atoms with E-state index in [1.807, 2.05) is 20.9 Å². The van der Waals surface area contributed by atoms with Gasteiger partial charge in [0, 0.05) is 7.05 Å². The van der Waals surface area contributed by atoms with E-state index in [0.29, 0.717) is 12.8 Å². The van der Waals surface area contributed by atoms with Gasteiger partial charge in [-0.3, -0.25) is 9.48 Å². The smallest absolute Gasteiger partial charge is 0.155 e. The summed E-state index contributed by atoms with van der Waals surface area (Å²) in [4.78, 5) is 11.8. The summed E-state index contributed by atoms with van der Waals surface area (Å²) in [6.45, 7) is 3.95. The topological polar surface area (TPSA) is 60.9 Å². The van der Waals surface area contributed by atoms with Crippen molar-refractivity contribution < 1.29 is 4.79 Å². The highest BCUT2D eigenvalue weighted by Gasteiger charge is 2.18. The van der Waals surface area contributed by atoms with E-state index in [4.69, 9.17) is 5.73 Å². The van der Waals surface area contributed by atoms with Crippen molar-refractivity contribution in [1.29, 1.82) is 0 Å². The first-order chi connectivity index (χ1) is 7.51. The minimum Gasteiger partial charge on any atom is -0.322 e. The molecule has 1 atom stereocenters. The monoisotopic (exact) mass is 287 g/mol. The molecule has 0 radical (unpaired) electrons. The lowest BCUT2D eigenvalue weighted by Crippen LogP contribution is -2.31. The van der Waals surface area contributed by atoms with Gasteiger partial charge in [0.15, 0.2) is 5.78 Å². The zero-order valence-corrected chi connectivity index (χ0v) is 11.5. The Bertz CT molecular complexity index is 387. The maximum Gasteiger partial charge on any atom is 0.155 e. The van der Waals surface area contributed by atoms with Gasteiger partial charge in [0.2, 0.25) is 0 Å². The van der Waals surface area contributed by atoms with Gasteiger partial charge in [0.1, 0.15) is 0 Å². The van der Waals surface area contributed by atoms with Crippen molar-refractivity contribution in [3.8, 4) is 0 Å². The molecular formula is C11H18BrN3O. The molecule has 16 heavy (non-hydrogen) atoms. The van der Waals surface area contributed by atoms with Gasteiger partial charge < -0.3 is 5.73 Å². The number of carbonyl (C=O) groups excluding carboxylic acids is 1. The Morgan fingerprint density at radius 2 is 2.19 bits per heavy atom. The minimum absolute atomic E-state index is 0.0638. The van der Waals surface area contributed by atoms with E-state index in [1.54, 1.807) is 4.68 Å². The van der Waals surface area contributed by atoms with Crippen LogP contribution in [0, 0.1) is 0 Å². The van der Waals surface area contributed by atoms with Crippen LogP contribution in [-0.4, -0.2) is 21.6 Å². The van der Waals surface area contributed by atoms with Crippen molar-refractivity contribution in [2.45, 2.75) is 39.2 Å². The van der Waals surface area contributed by atoms with Crippen LogP contribution in [0.5, 0.6) is 0 Å². The number of hydrogen-bond donors (Lipinski definition) is 1. The minimum atomic E-state index is -0.369. The van der Waals surface area contributed by atoms with E-state index < -0.39 is 0 Å². The number of Topliss-reactive ketones (excluding diaryl/α,β-unsaturated/α-hetero) is 1. The van der Waals surface area contributed by atoms with Gasteiger partial charge >= 0.3 is 0 Å². The molecule has 5 heteroatoms. The molecule has 0 aromatic carbocycles. The van der Waals surface area contributed by atoms with Crippen LogP contribution < -0.4 is 5.73 Å². The van der Waals surface area contributed by atoms with E-state index in [-0.39, 0.29) is 11.8 Å². The Balaban J connectivity index is 2.89. The predicted octanol–water partition coefficient (Wildman–Crippen LogP) is 1.59. The first kappa shape index (κ1) is 13.4. The molecule has 0 amide bonds. The molecule has 0 saturated carbocycles. The molecule has 4 nitrogen and oxygen atoms in total. The van der Waals surface area contributed by atoms with Gasteiger partial charge in [-0.05, 0) is 28.8 Å². The summed E-state index contributed by atoms with van der Waals surface area (Å²) < 4.78 is 2.69. The number of rotatable bonds is 5. The molecular weight excluding hydrogens is 270 g/mol. The molecule has 1 aromatic rings. The Hall–Kier alpha value is -0.680. The van der Waals surface area contributed by atoms with Gasteiger partial charge in [0.05, 0.1) is 28.3 Å². The highest BCUT2D eigenvalue weighted by Crippen LogP contribution is 2.22. The quantitative estimate of drug-likeness (QED) is 0.895. The van der Waals surface area contributed by atoms with Crippen LogP contribution in [0.4, 0.5) is 0 Å². The molecule has 0 bridgehead atoms. The highest BCUT2D eigenvalue weighted by molar-refractivity contribution is 9.10. The summed E-state index contributed by atoms with van der Waals surface area (Å²) in [7, 11) is 1.85. The maximum atomic E-state index is 11.8. The van der Waals surface area contributed by atoms with Crippen LogP contribution in [0.15, 0.2) is 4.47 Å². The lowest BCUT2D eigenvalue weighted by molar-refractivity contribution is -0.119. The Morgan fingerprint density at radius 3 is 2.62 bits per heavy atom. The first-order valence-corrected chi connectivity index (χ1v) is 6.29. The van der Waals surface area contributed by atoms with Crippen LogP contribution in [0.3, 0.4) is 0 Å². The summed E-state index contributed by atoms with van der Waals surface area (Å²) >= 11 is 3.49. The lowest BCUT2D eigenvalue weighted by Gasteiger charge is -2.07. The third-order valence-corrected chi connectivity index (χ3v) is 3.61. The fourth-order valence-corrected chi connectivity index (χ4v) is 2.29. The third kappa shape index (κ3) is 2.71. The molecule has 90 valence electrons. The van der Waals surface area contributed by atoms with Crippen LogP contribution in [-0.2, 0) is 24.7 Å². The standard InChI is InChI=1S/C11H18BrN3O/c1-4-7(13)10(16)6-9-11(12)8(5-2)14-15(9)3/h7H,4-6,13H2,1-3H3. The predicted molar refractivity (Wildman–Crippen MR) is 67.3 cm³/mol. The van der Waals surface area contributed by atoms with Gasteiger partial charge in [-0.2, -0.15) is 5.10 Å². The maximum absolute atomic E-state index is 11.8. The van der Waals surface area contributed by atoms with Crippen LogP contribution in [0.25, 0.3) is 0 Å². The molecule has 0 saturated heterocycles.